The number of hydrogen-bond donors (Lipinski definition) is 3. The van der Waals surface area contributed by atoms with Gasteiger partial charge in [0.2, 0.25) is 0 Å². The van der Waals surface area contributed by atoms with Crippen LogP contribution in [0.3, 0.4) is 0 Å². The van der Waals surface area contributed by atoms with Crippen LogP contribution in [-0.4, -0.2) is 28.6 Å². The summed E-state index contributed by atoms with van der Waals surface area (Å²) in [6.07, 6.45) is 0. The zero-order chi connectivity index (χ0) is 20.2. The van der Waals surface area contributed by atoms with E-state index in [1.165, 1.54) is 24.3 Å². The van der Waals surface area contributed by atoms with Crippen LogP contribution in [0.1, 0.15) is 20.7 Å². The number of nitrogens with one attached hydrogen (secondary N) is 3. The van der Waals surface area contributed by atoms with Gasteiger partial charge in [-0.25, -0.2) is 26.3 Å². The van der Waals surface area contributed by atoms with Crippen LogP contribution in [0.15, 0.2) is 58.3 Å². The molecule has 2 amide bonds. The van der Waals surface area contributed by atoms with E-state index in [1.54, 1.807) is 29.2 Å². The number of hydrogen-bond acceptors (Lipinski definition) is 7. The minimum atomic E-state index is -3.55. The zero-order valence-electron chi connectivity index (χ0n) is 13.3. The first-order chi connectivity index (χ1) is 12.6. The maximum Gasteiger partial charge on any atom is 0.266 e. The molecule has 27 heavy (non-hydrogen) atoms. The molecule has 0 aliphatic carbocycles. The fraction of sp³-hybridized carbons (Fsp3) is 0. The summed E-state index contributed by atoms with van der Waals surface area (Å²) in [7, 11) is -7.11. The molecule has 0 unspecified atom stereocenters. The fourth-order valence-corrected chi connectivity index (χ4v) is 4.59. The molecule has 2 aromatic rings. The predicted molar refractivity (Wildman–Crippen MR) is 91.6 cm³/mol. The molecule has 0 atom stereocenters. The van der Waals surface area contributed by atoms with Gasteiger partial charge in [-0.2, -0.15) is 0 Å². The molecule has 0 aromatic heterocycles. The van der Waals surface area contributed by atoms with Gasteiger partial charge in [0, 0.05) is 0 Å². The quantitative estimate of drug-likeness (QED) is 0.332. The molecule has 2 aromatic carbocycles. The number of amides is 2. The van der Waals surface area contributed by atoms with Crippen molar-refractivity contribution in [1.82, 2.24) is 9.44 Å². The average molecular weight is 409 g/mol. The van der Waals surface area contributed by atoms with Crippen molar-refractivity contribution in [3.8, 4) is 0 Å². The topological polar surface area (TPSA) is 187 Å². The number of benzene rings is 2. The van der Waals surface area contributed by atoms with E-state index >= 15 is 0 Å². The van der Waals surface area contributed by atoms with Gasteiger partial charge in [0.05, 0.1) is 11.1 Å². The molecule has 3 N–H and O–H groups in total. The lowest BCUT2D eigenvalue weighted by atomic mass is 10.2. The van der Waals surface area contributed by atoms with Crippen LogP contribution in [0, 0.1) is 5.53 Å². The van der Waals surface area contributed by atoms with E-state index < -0.39 is 31.9 Å². The molecule has 2 heterocycles. The Kier molecular flexibility index (Phi) is 5.49. The average Bonchev–Trinajstić information content (AvgIpc) is 2.99. The largest absolute Gasteiger partial charge is 0.268 e. The van der Waals surface area contributed by atoms with Crippen LogP contribution in [-0.2, 0) is 20.0 Å². The van der Waals surface area contributed by atoms with E-state index in [0.717, 1.165) is 0 Å². The van der Waals surface area contributed by atoms with E-state index in [4.69, 9.17) is 11.1 Å². The van der Waals surface area contributed by atoms with Gasteiger partial charge in [0.25, 0.3) is 31.9 Å². The molecule has 4 rings (SSSR count). The summed E-state index contributed by atoms with van der Waals surface area (Å²) in [5.41, 5.74) is 12.7. The Morgan fingerprint density at radius 2 is 1.04 bits per heavy atom. The van der Waals surface area contributed by atoms with Crippen LogP contribution in [0.4, 0.5) is 0 Å². The van der Waals surface area contributed by atoms with Crippen molar-refractivity contribution in [2.24, 2.45) is 0 Å². The lowest BCUT2D eigenvalue weighted by Gasteiger charge is -1.91. The Balaban J connectivity index is 0.000000170. The second-order valence-electron chi connectivity index (χ2n) is 4.96. The highest BCUT2D eigenvalue weighted by Gasteiger charge is 2.32. The van der Waals surface area contributed by atoms with E-state index in [0.29, 0.717) is 0 Å². The number of rotatable bonds is 0. The lowest BCUT2D eigenvalue weighted by Crippen LogP contribution is -2.20. The molecule has 140 valence electrons. The van der Waals surface area contributed by atoms with Gasteiger partial charge in [-0.1, -0.05) is 24.3 Å². The summed E-state index contributed by atoms with van der Waals surface area (Å²) < 4.78 is 48.3. The molecule has 11 nitrogen and oxygen atoms in total. The van der Waals surface area contributed by atoms with Gasteiger partial charge in [-0.3, -0.25) is 9.59 Å². The third-order valence-electron chi connectivity index (χ3n) is 3.30. The molecule has 0 saturated carbocycles. The Bertz CT molecular complexity index is 1080. The molecule has 0 spiro atoms. The first-order valence-corrected chi connectivity index (χ1v) is 9.94. The monoisotopic (exact) mass is 409 g/mol. The predicted octanol–water partition coefficient (Wildman–Crippen LogP) is 1.11. The molecule has 0 saturated heterocycles. The van der Waals surface area contributed by atoms with Crippen LogP contribution < -0.4 is 9.44 Å². The van der Waals surface area contributed by atoms with Crippen molar-refractivity contribution in [2.75, 3.05) is 0 Å². The molecule has 0 bridgehead atoms. The van der Waals surface area contributed by atoms with E-state index in [9.17, 15) is 26.4 Å². The van der Waals surface area contributed by atoms with Crippen molar-refractivity contribution < 1.29 is 26.4 Å². The molecule has 0 radical (unpaired) electrons. The number of carbonyl (C=O) groups excluding carboxylic acids is 2. The number of nitrogens with zero attached hydrogens (tertiary/aromatic N) is 2. The van der Waals surface area contributed by atoms with Gasteiger partial charge in [-0.05, 0) is 34.7 Å². The van der Waals surface area contributed by atoms with Crippen molar-refractivity contribution >= 4 is 31.9 Å². The summed E-state index contributed by atoms with van der Waals surface area (Å²) in [6, 6.07) is 12.2. The van der Waals surface area contributed by atoms with E-state index in [2.05, 4.69) is 0 Å². The van der Waals surface area contributed by atoms with Gasteiger partial charge in [-0.15, -0.1) is 5.53 Å². The van der Waals surface area contributed by atoms with Gasteiger partial charge in [0.1, 0.15) is 9.79 Å². The maximum atomic E-state index is 11.1. The van der Waals surface area contributed by atoms with Gasteiger partial charge >= 0.3 is 0 Å². The maximum absolute atomic E-state index is 11.1. The van der Waals surface area contributed by atoms with E-state index in [1.807, 2.05) is 9.44 Å². The Morgan fingerprint density at radius 3 is 1.33 bits per heavy atom. The number of sulfonamides is 2. The molecule has 2 aliphatic rings. The number of fused-ring (bicyclic) bond motifs is 2. The highest BCUT2D eigenvalue weighted by molar-refractivity contribution is 7.91. The highest BCUT2D eigenvalue weighted by atomic mass is 32.2. The summed E-state index contributed by atoms with van der Waals surface area (Å²) in [6.45, 7) is 0. The molecular formula is C14H11N5O6S2. The second kappa shape index (κ2) is 7.45. The summed E-state index contributed by atoms with van der Waals surface area (Å²) in [5.74, 6) is -1.10. The van der Waals surface area contributed by atoms with Gasteiger partial charge in [0.15, 0.2) is 0 Å². The second-order valence-corrected chi connectivity index (χ2v) is 8.26. The van der Waals surface area contributed by atoms with Crippen molar-refractivity contribution in [1.29, 1.82) is 5.53 Å². The number of carbonyl (C=O) groups is 2. The van der Waals surface area contributed by atoms with Crippen LogP contribution >= 0.6 is 0 Å². The third-order valence-corrected chi connectivity index (χ3v) is 6.07. The highest BCUT2D eigenvalue weighted by Crippen LogP contribution is 2.21. The summed E-state index contributed by atoms with van der Waals surface area (Å²) in [5, 5.41) is 0. The smallest absolute Gasteiger partial charge is 0.266 e. The van der Waals surface area contributed by atoms with Crippen LogP contribution in [0.2, 0.25) is 0 Å². The molecule has 0 fully saturated rings. The zero-order valence-corrected chi connectivity index (χ0v) is 14.9. The first kappa shape index (κ1) is 19.9. The van der Waals surface area contributed by atoms with Crippen molar-refractivity contribution in [3.05, 3.63) is 70.1 Å². The molecule has 2 aliphatic heterocycles. The van der Waals surface area contributed by atoms with Crippen molar-refractivity contribution in [3.63, 3.8) is 0 Å². The fourth-order valence-electron chi connectivity index (χ4n) is 2.24. The van der Waals surface area contributed by atoms with Crippen LogP contribution in [0.25, 0.3) is 10.4 Å². The third kappa shape index (κ3) is 4.06. The molecule has 13 heteroatoms. The minimum absolute atomic E-state index is 0.0648. The SMILES string of the molecule is O=C1NS(=O)(=O)c2ccccc21.O=C1NS(=O)(=O)c2ccccc21.[N-]=[N+]=N. The van der Waals surface area contributed by atoms with Crippen LogP contribution in [0.5, 0.6) is 0 Å². The van der Waals surface area contributed by atoms with Gasteiger partial charge < -0.3 is 0 Å². The Hall–Kier alpha value is -3.41. The van der Waals surface area contributed by atoms with Crippen molar-refractivity contribution in [2.45, 2.75) is 9.79 Å². The minimum Gasteiger partial charge on any atom is -0.268 e. The lowest BCUT2D eigenvalue weighted by molar-refractivity contribution is 0.0976. The Labute approximate surface area is 153 Å². The van der Waals surface area contributed by atoms with E-state index in [-0.39, 0.29) is 20.9 Å². The molecular weight excluding hydrogens is 398 g/mol. The normalized spacial score (nSPS) is 16.7. The summed E-state index contributed by atoms with van der Waals surface area (Å²) >= 11 is 0. The first-order valence-electron chi connectivity index (χ1n) is 6.97. The summed E-state index contributed by atoms with van der Waals surface area (Å²) in [4.78, 5) is 23.9. The standard InChI is InChI=1S/2C7H5NO3S.HN3/c2*9-7-5-3-1-2-4-6(5)12(10,11)8-7;1-3-2/h2*1-4H,(H,8,9);1H. The Morgan fingerprint density at radius 1 is 0.741 bits per heavy atom.